The van der Waals surface area contributed by atoms with Gasteiger partial charge in [-0.25, -0.2) is 0 Å². The highest BCUT2D eigenvalue weighted by Crippen LogP contribution is 2.13. The molecule has 8 heteroatoms. The molecule has 140 valence electrons. The Morgan fingerprint density at radius 3 is 2.92 bits per heavy atom. The highest BCUT2D eigenvalue weighted by molar-refractivity contribution is 5.37. The van der Waals surface area contributed by atoms with Crippen LogP contribution in [0, 0.1) is 0 Å². The molecule has 1 fully saturated rings. The maximum atomic E-state index is 5.35. The van der Waals surface area contributed by atoms with Crippen molar-refractivity contribution in [2.75, 3.05) is 63.7 Å². The number of hydrogen-bond acceptors (Lipinski definition) is 8. The molecule has 0 unspecified atom stereocenters. The maximum absolute atomic E-state index is 5.35. The molecule has 1 saturated heterocycles. The lowest BCUT2D eigenvalue weighted by Crippen LogP contribution is -2.39. The standard InChI is InChI=1S/C18H26N6O2/c1-25-16-4-2-3-15(13-16)5-6-20-18-22-17(14-21-23-18)19-7-8-24-9-11-26-12-10-24/h2-4,13-14H,5-12H2,1H3,(H2,19,20,22,23). The van der Waals surface area contributed by atoms with Crippen molar-refractivity contribution < 1.29 is 9.47 Å². The Labute approximate surface area is 153 Å². The molecule has 0 bridgehead atoms. The summed E-state index contributed by atoms with van der Waals surface area (Å²) in [6.45, 7) is 6.12. The summed E-state index contributed by atoms with van der Waals surface area (Å²) in [5, 5.41) is 14.6. The van der Waals surface area contributed by atoms with E-state index in [9.17, 15) is 0 Å². The minimum Gasteiger partial charge on any atom is -0.497 e. The molecule has 8 nitrogen and oxygen atoms in total. The number of aromatic nitrogens is 3. The molecule has 2 N–H and O–H groups in total. The van der Waals surface area contributed by atoms with Crippen LogP contribution in [-0.2, 0) is 11.2 Å². The zero-order valence-electron chi connectivity index (χ0n) is 15.1. The Hall–Kier alpha value is -2.45. The topological polar surface area (TPSA) is 84.4 Å². The number of ether oxygens (including phenoxy) is 2. The van der Waals surface area contributed by atoms with Gasteiger partial charge in [-0.2, -0.15) is 10.1 Å². The van der Waals surface area contributed by atoms with Gasteiger partial charge in [0.25, 0.3) is 0 Å². The number of rotatable bonds is 9. The number of morpholine rings is 1. The molecule has 2 aromatic rings. The minimum absolute atomic E-state index is 0.532. The quantitative estimate of drug-likeness (QED) is 0.693. The summed E-state index contributed by atoms with van der Waals surface area (Å²) < 4.78 is 10.6. The van der Waals surface area contributed by atoms with Gasteiger partial charge in [-0.1, -0.05) is 12.1 Å². The molecule has 1 aromatic heterocycles. The lowest BCUT2D eigenvalue weighted by atomic mass is 10.1. The van der Waals surface area contributed by atoms with Gasteiger partial charge < -0.3 is 20.1 Å². The van der Waals surface area contributed by atoms with E-state index in [4.69, 9.17) is 9.47 Å². The molecule has 3 rings (SSSR count). The highest BCUT2D eigenvalue weighted by Gasteiger charge is 2.09. The van der Waals surface area contributed by atoms with E-state index in [0.29, 0.717) is 5.95 Å². The summed E-state index contributed by atoms with van der Waals surface area (Å²) in [7, 11) is 1.68. The molecule has 1 aliphatic rings. The summed E-state index contributed by atoms with van der Waals surface area (Å²) in [6.07, 6.45) is 2.50. The largest absolute Gasteiger partial charge is 0.497 e. The lowest BCUT2D eigenvalue weighted by molar-refractivity contribution is 0.0398. The van der Waals surface area contributed by atoms with Crippen LogP contribution in [0.25, 0.3) is 0 Å². The fraction of sp³-hybridized carbons (Fsp3) is 0.500. The van der Waals surface area contributed by atoms with Gasteiger partial charge in [0.2, 0.25) is 5.95 Å². The van der Waals surface area contributed by atoms with E-state index in [2.05, 4.69) is 36.8 Å². The molecule has 0 atom stereocenters. The summed E-state index contributed by atoms with van der Waals surface area (Å²) in [5.41, 5.74) is 1.20. The smallest absolute Gasteiger partial charge is 0.244 e. The molecule has 0 saturated carbocycles. The van der Waals surface area contributed by atoms with Gasteiger partial charge in [0.15, 0.2) is 5.82 Å². The normalized spacial score (nSPS) is 14.8. The third kappa shape index (κ3) is 5.82. The first kappa shape index (κ1) is 18.3. The van der Waals surface area contributed by atoms with Crippen molar-refractivity contribution in [2.45, 2.75) is 6.42 Å². The number of hydrogen-bond donors (Lipinski definition) is 2. The SMILES string of the molecule is COc1cccc(CCNc2nncc(NCCN3CCOCC3)n2)c1. The van der Waals surface area contributed by atoms with Crippen molar-refractivity contribution in [2.24, 2.45) is 0 Å². The van der Waals surface area contributed by atoms with Gasteiger partial charge in [0.1, 0.15) is 5.75 Å². The maximum Gasteiger partial charge on any atom is 0.244 e. The molecule has 0 radical (unpaired) electrons. The van der Waals surface area contributed by atoms with Crippen LogP contribution in [-0.4, -0.2) is 73.1 Å². The van der Waals surface area contributed by atoms with E-state index in [1.165, 1.54) is 5.56 Å². The molecule has 2 heterocycles. The highest BCUT2D eigenvalue weighted by atomic mass is 16.5. The summed E-state index contributed by atoms with van der Waals surface area (Å²) in [6, 6.07) is 8.04. The van der Waals surface area contributed by atoms with Gasteiger partial charge in [-0.3, -0.25) is 4.90 Å². The number of benzene rings is 1. The van der Waals surface area contributed by atoms with Gasteiger partial charge in [0, 0.05) is 32.7 Å². The second-order valence-electron chi connectivity index (χ2n) is 6.07. The number of nitrogens with one attached hydrogen (secondary N) is 2. The molecule has 0 amide bonds. The van der Waals surface area contributed by atoms with Crippen molar-refractivity contribution in [3.8, 4) is 5.75 Å². The Morgan fingerprint density at radius 1 is 1.19 bits per heavy atom. The van der Waals surface area contributed by atoms with Crippen molar-refractivity contribution >= 4 is 11.8 Å². The predicted molar refractivity (Wildman–Crippen MR) is 101 cm³/mol. The third-order valence-electron chi connectivity index (χ3n) is 4.23. The van der Waals surface area contributed by atoms with Crippen molar-refractivity contribution in [3.05, 3.63) is 36.0 Å². The van der Waals surface area contributed by atoms with Crippen molar-refractivity contribution in [3.63, 3.8) is 0 Å². The Balaban J connectivity index is 1.41. The Morgan fingerprint density at radius 2 is 2.08 bits per heavy atom. The van der Waals surface area contributed by atoms with Gasteiger partial charge in [-0.05, 0) is 24.1 Å². The van der Waals surface area contributed by atoms with E-state index in [1.807, 2.05) is 18.2 Å². The first-order valence-electron chi connectivity index (χ1n) is 8.94. The van der Waals surface area contributed by atoms with Gasteiger partial charge >= 0.3 is 0 Å². The molecule has 1 aromatic carbocycles. The zero-order chi connectivity index (χ0) is 18.0. The molecule has 1 aliphatic heterocycles. The van der Waals surface area contributed by atoms with Crippen LogP contribution in [0.3, 0.4) is 0 Å². The van der Waals surface area contributed by atoms with Crippen LogP contribution >= 0.6 is 0 Å². The number of anilines is 2. The van der Waals surface area contributed by atoms with Crippen LogP contribution in [0.1, 0.15) is 5.56 Å². The molecule has 0 aliphatic carbocycles. The summed E-state index contributed by atoms with van der Waals surface area (Å²) in [4.78, 5) is 6.83. The first-order valence-corrected chi connectivity index (χ1v) is 8.94. The van der Waals surface area contributed by atoms with Crippen LogP contribution in [0.2, 0.25) is 0 Å². The second-order valence-corrected chi connectivity index (χ2v) is 6.07. The van der Waals surface area contributed by atoms with Crippen molar-refractivity contribution in [1.29, 1.82) is 0 Å². The van der Waals surface area contributed by atoms with Crippen molar-refractivity contribution in [1.82, 2.24) is 20.1 Å². The van der Waals surface area contributed by atoms with Crippen LogP contribution < -0.4 is 15.4 Å². The number of nitrogens with zero attached hydrogens (tertiary/aromatic N) is 4. The fourth-order valence-electron chi connectivity index (χ4n) is 2.78. The average molecular weight is 358 g/mol. The fourth-order valence-corrected chi connectivity index (χ4v) is 2.78. The Bertz CT molecular complexity index is 678. The second kappa shape index (κ2) is 9.88. The third-order valence-corrected chi connectivity index (χ3v) is 4.23. The first-order chi connectivity index (χ1) is 12.8. The molecule has 26 heavy (non-hydrogen) atoms. The summed E-state index contributed by atoms with van der Waals surface area (Å²) >= 11 is 0. The van der Waals surface area contributed by atoms with Crippen LogP contribution in [0.5, 0.6) is 5.75 Å². The molecule has 0 spiro atoms. The predicted octanol–water partition coefficient (Wildman–Crippen LogP) is 1.28. The van der Waals surface area contributed by atoms with E-state index in [1.54, 1.807) is 13.3 Å². The molecular weight excluding hydrogens is 332 g/mol. The summed E-state index contributed by atoms with van der Waals surface area (Å²) in [5.74, 6) is 2.13. The van der Waals surface area contributed by atoms with Gasteiger partial charge in [-0.15, -0.1) is 5.10 Å². The van der Waals surface area contributed by atoms with Crippen LogP contribution in [0.15, 0.2) is 30.5 Å². The van der Waals surface area contributed by atoms with Crippen LogP contribution in [0.4, 0.5) is 11.8 Å². The van der Waals surface area contributed by atoms with E-state index in [0.717, 1.165) is 63.9 Å². The van der Waals surface area contributed by atoms with E-state index < -0.39 is 0 Å². The van der Waals surface area contributed by atoms with E-state index in [-0.39, 0.29) is 0 Å². The average Bonchev–Trinajstić information content (AvgIpc) is 2.69. The molecular formula is C18H26N6O2. The number of methoxy groups -OCH3 is 1. The zero-order valence-corrected chi connectivity index (χ0v) is 15.1. The monoisotopic (exact) mass is 358 g/mol. The van der Waals surface area contributed by atoms with Gasteiger partial charge in [0.05, 0.1) is 26.5 Å². The van der Waals surface area contributed by atoms with E-state index >= 15 is 0 Å². The Kier molecular flexibility index (Phi) is 6.97. The lowest BCUT2D eigenvalue weighted by Gasteiger charge is -2.26. The minimum atomic E-state index is 0.532.